The Hall–Kier alpha value is -0.930. The van der Waals surface area contributed by atoms with Gasteiger partial charge >= 0.3 is 0 Å². The molecule has 0 amide bonds. The molecule has 1 aliphatic rings. The van der Waals surface area contributed by atoms with Crippen molar-refractivity contribution < 1.29 is 4.39 Å². The molecule has 1 aliphatic carbocycles. The standard InChI is InChI=1S/C14H21FN2/c1-9-6-7-13(15)12(8-9)14(17-16)11-5-3-4-10(11)2/h6-8,10-11,14,17H,3-5,16H2,1-2H3. The average molecular weight is 236 g/mol. The smallest absolute Gasteiger partial charge is 0.128 e. The molecule has 3 heteroatoms. The van der Waals surface area contributed by atoms with Crippen LogP contribution in [0.2, 0.25) is 0 Å². The lowest BCUT2D eigenvalue weighted by Crippen LogP contribution is -2.35. The molecule has 2 nitrogen and oxygen atoms in total. The summed E-state index contributed by atoms with van der Waals surface area (Å²) in [6.07, 6.45) is 3.57. The molecule has 17 heavy (non-hydrogen) atoms. The van der Waals surface area contributed by atoms with Gasteiger partial charge in [-0.1, -0.05) is 37.5 Å². The second-order valence-electron chi connectivity index (χ2n) is 5.24. The minimum absolute atomic E-state index is 0.0626. The molecule has 1 saturated carbocycles. The highest BCUT2D eigenvalue weighted by Crippen LogP contribution is 2.40. The van der Waals surface area contributed by atoms with E-state index >= 15 is 0 Å². The van der Waals surface area contributed by atoms with Gasteiger partial charge in [0.15, 0.2) is 0 Å². The Morgan fingerprint density at radius 1 is 1.41 bits per heavy atom. The molecule has 2 rings (SSSR count). The molecule has 3 N–H and O–H groups in total. The predicted octanol–water partition coefficient (Wildman–Crippen LogP) is 3.07. The topological polar surface area (TPSA) is 38.0 Å². The number of nitrogens with one attached hydrogen (secondary N) is 1. The number of hydrogen-bond acceptors (Lipinski definition) is 2. The molecule has 1 fully saturated rings. The monoisotopic (exact) mass is 236 g/mol. The van der Waals surface area contributed by atoms with Crippen LogP contribution in [0, 0.1) is 24.6 Å². The molecule has 0 heterocycles. The molecule has 94 valence electrons. The Balaban J connectivity index is 2.31. The molecule has 0 aromatic heterocycles. The second-order valence-corrected chi connectivity index (χ2v) is 5.24. The van der Waals surface area contributed by atoms with Crippen molar-refractivity contribution in [1.82, 2.24) is 5.43 Å². The molecule has 0 spiro atoms. The van der Waals surface area contributed by atoms with E-state index in [4.69, 9.17) is 5.84 Å². The highest BCUT2D eigenvalue weighted by atomic mass is 19.1. The van der Waals surface area contributed by atoms with E-state index in [-0.39, 0.29) is 11.9 Å². The summed E-state index contributed by atoms with van der Waals surface area (Å²) in [4.78, 5) is 0. The summed E-state index contributed by atoms with van der Waals surface area (Å²) in [5.41, 5.74) is 4.61. The number of hydrazine groups is 1. The van der Waals surface area contributed by atoms with Crippen molar-refractivity contribution in [2.24, 2.45) is 17.7 Å². The summed E-state index contributed by atoms with van der Waals surface area (Å²) < 4.78 is 13.9. The van der Waals surface area contributed by atoms with Gasteiger partial charge in [-0.15, -0.1) is 0 Å². The van der Waals surface area contributed by atoms with Gasteiger partial charge in [-0.05, 0) is 31.2 Å². The van der Waals surface area contributed by atoms with Crippen LogP contribution in [0.25, 0.3) is 0 Å². The van der Waals surface area contributed by atoms with E-state index in [1.807, 2.05) is 13.0 Å². The molecular formula is C14H21FN2. The zero-order valence-electron chi connectivity index (χ0n) is 10.5. The Labute approximate surface area is 102 Å². The molecule has 0 saturated heterocycles. The average Bonchev–Trinajstić information content (AvgIpc) is 2.71. The van der Waals surface area contributed by atoms with Gasteiger partial charge in [0.05, 0.1) is 6.04 Å². The number of hydrogen-bond donors (Lipinski definition) is 2. The van der Waals surface area contributed by atoms with Crippen molar-refractivity contribution in [1.29, 1.82) is 0 Å². The van der Waals surface area contributed by atoms with Crippen molar-refractivity contribution in [3.05, 3.63) is 35.1 Å². The van der Waals surface area contributed by atoms with Gasteiger partial charge in [0.2, 0.25) is 0 Å². The molecule has 0 bridgehead atoms. The van der Waals surface area contributed by atoms with Crippen LogP contribution in [-0.2, 0) is 0 Å². The Bertz CT molecular complexity index is 392. The normalized spacial score (nSPS) is 26.1. The highest BCUT2D eigenvalue weighted by molar-refractivity contribution is 5.27. The lowest BCUT2D eigenvalue weighted by Gasteiger charge is -2.27. The van der Waals surface area contributed by atoms with Gasteiger partial charge in [-0.3, -0.25) is 11.3 Å². The van der Waals surface area contributed by atoms with Crippen LogP contribution >= 0.6 is 0 Å². The number of halogens is 1. The summed E-state index contributed by atoms with van der Waals surface area (Å²) in [6.45, 7) is 4.21. The number of rotatable bonds is 3. The zero-order chi connectivity index (χ0) is 12.4. The summed E-state index contributed by atoms with van der Waals surface area (Å²) in [7, 11) is 0. The van der Waals surface area contributed by atoms with Crippen molar-refractivity contribution >= 4 is 0 Å². The van der Waals surface area contributed by atoms with E-state index < -0.39 is 0 Å². The second kappa shape index (κ2) is 5.15. The van der Waals surface area contributed by atoms with Gasteiger partial charge in [0.1, 0.15) is 5.82 Å². The van der Waals surface area contributed by atoms with Crippen LogP contribution < -0.4 is 11.3 Å². The van der Waals surface area contributed by atoms with E-state index in [2.05, 4.69) is 12.3 Å². The van der Waals surface area contributed by atoms with Gasteiger partial charge in [0.25, 0.3) is 0 Å². The minimum Gasteiger partial charge on any atom is -0.271 e. The zero-order valence-corrected chi connectivity index (χ0v) is 10.5. The highest BCUT2D eigenvalue weighted by Gasteiger charge is 2.32. The van der Waals surface area contributed by atoms with Gasteiger partial charge < -0.3 is 0 Å². The largest absolute Gasteiger partial charge is 0.271 e. The Kier molecular flexibility index (Phi) is 3.79. The van der Waals surface area contributed by atoms with Crippen LogP contribution in [0.1, 0.15) is 43.4 Å². The number of aryl methyl sites for hydroxylation is 1. The first-order valence-electron chi connectivity index (χ1n) is 6.35. The Morgan fingerprint density at radius 2 is 2.18 bits per heavy atom. The van der Waals surface area contributed by atoms with Crippen molar-refractivity contribution in [2.45, 2.75) is 39.2 Å². The first kappa shape index (κ1) is 12.5. The lowest BCUT2D eigenvalue weighted by atomic mass is 9.85. The summed E-state index contributed by atoms with van der Waals surface area (Å²) in [6, 6.07) is 5.18. The third-order valence-electron chi connectivity index (χ3n) is 4.02. The quantitative estimate of drug-likeness (QED) is 0.625. The molecule has 0 radical (unpaired) electrons. The Morgan fingerprint density at radius 3 is 2.76 bits per heavy atom. The molecule has 3 unspecified atom stereocenters. The summed E-state index contributed by atoms with van der Waals surface area (Å²) >= 11 is 0. The number of benzene rings is 1. The first-order valence-corrected chi connectivity index (χ1v) is 6.35. The lowest BCUT2D eigenvalue weighted by molar-refractivity contribution is 0.298. The van der Waals surface area contributed by atoms with Crippen molar-refractivity contribution in [2.75, 3.05) is 0 Å². The fourth-order valence-electron chi connectivity index (χ4n) is 3.01. The molecule has 1 aromatic carbocycles. The van der Waals surface area contributed by atoms with Gasteiger partial charge in [-0.2, -0.15) is 0 Å². The molecule has 1 aromatic rings. The summed E-state index contributed by atoms with van der Waals surface area (Å²) in [5, 5.41) is 0. The predicted molar refractivity (Wildman–Crippen MR) is 67.7 cm³/mol. The van der Waals surface area contributed by atoms with Crippen molar-refractivity contribution in [3.63, 3.8) is 0 Å². The SMILES string of the molecule is Cc1ccc(F)c(C(NN)C2CCCC2C)c1. The van der Waals surface area contributed by atoms with E-state index in [0.29, 0.717) is 17.4 Å². The number of nitrogens with two attached hydrogens (primary N) is 1. The van der Waals surface area contributed by atoms with Gasteiger partial charge in [0, 0.05) is 5.56 Å². The van der Waals surface area contributed by atoms with Crippen LogP contribution in [0.5, 0.6) is 0 Å². The summed E-state index contributed by atoms with van der Waals surface area (Å²) in [5.74, 6) is 6.54. The van der Waals surface area contributed by atoms with E-state index in [1.54, 1.807) is 6.07 Å². The van der Waals surface area contributed by atoms with Crippen LogP contribution in [0.3, 0.4) is 0 Å². The van der Waals surface area contributed by atoms with E-state index in [1.165, 1.54) is 18.9 Å². The van der Waals surface area contributed by atoms with E-state index in [9.17, 15) is 4.39 Å². The van der Waals surface area contributed by atoms with Crippen LogP contribution in [0.15, 0.2) is 18.2 Å². The van der Waals surface area contributed by atoms with Crippen LogP contribution in [0.4, 0.5) is 4.39 Å². The van der Waals surface area contributed by atoms with Crippen LogP contribution in [-0.4, -0.2) is 0 Å². The fourth-order valence-corrected chi connectivity index (χ4v) is 3.01. The maximum absolute atomic E-state index is 13.9. The van der Waals surface area contributed by atoms with Gasteiger partial charge in [-0.25, -0.2) is 4.39 Å². The molecular weight excluding hydrogens is 215 g/mol. The molecule has 3 atom stereocenters. The minimum atomic E-state index is -0.155. The molecule has 0 aliphatic heterocycles. The first-order chi connectivity index (χ1) is 8.13. The third-order valence-corrected chi connectivity index (χ3v) is 4.02. The maximum Gasteiger partial charge on any atom is 0.128 e. The fraction of sp³-hybridized carbons (Fsp3) is 0.571. The third kappa shape index (κ3) is 2.50. The van der Waals surface area contributed by atoms with Crippen molar-refractivity contribution in [3.8, 4) is 0 Å². The maximum atomic E-state index is 13.9. The van der Waals surface area contributed by atoms with E-state index in [0.717, 1.165) is 12.0 Å².